The normalized spacial score (nSPS) is 18.5. The molecule has 7 nitrogen and oxygen atoms in total. The van der Waals surface area contributed by atoms with Gasteiger partial charge in [0.05, 0.1) is 40.3 Å². The third kappa shape index (κ3) is 5.38. The zero-order chi connectivity index (χ0) is 26.2. The number of imidazole rings is 1. The van der Waals surface area contributed by atoms with E-state index in [-0.39, 0.29) is 23.7 Å². The molecule has 0 radical (unpaired) electrons. The van der Waals surface area contributed by atoms with Crippen LogP contribution in [0, 0.1) is 5.41 Å². The van der Waals surface area contributed by atoms with Crippen molar-refractivity contribution in [2.24, 2.45) is 5.41 Å². The molecule has 5 rings (SSSR count). The van der Waals surface area contributed by atoms with Crippen molar-refractivity contribution in [3.05, 3.63) is 87.6 Å². The number of nitrogens with one attached hydrogen (secondary N) is 3. The highest BCUT2D eigenvalue weighted by Crippen LogP contribution is 2.48. The van der Waals surface area contributed by atoms with Crippen LogP contribution in [0.3, 0.4) is 0 Å². The summed E-state index contributed by atoms with van der Waals surface area (Å²) in [6.07, 6.45) is 5.14. The number of fused-ring (bicyclic) bond motifs is 1. The van der Waals surface area contributed by atoms with Crippen molar-refractivity contribution in [2.45, 2.75) is 39.2 Å². The number of amides is 1. The molecule has 1 atom stereocenters. The maximum Gasteiger partial charge on any atom is 0.239 e. The number of nitrogens with zero attached hydrogens (tertiary/aromatic N) is 2. The van der Waals surface area contributed by atoms with Gasteiger partial charge < -0.3 is 20.5 Å². The molecule has 0 saturated heterocycles. The Bertz CT molecular complexity index is 1370. The van der Waals surface area contributed by atoms with Gasteiger partial charge in [-0.3, -0.25) is 9.59 Å². The molecule has 0 bridgehead atoms. The van der Waals surface area contributed by atoms with Crippen LogP contribution in [-0.4, -0.2) is 34.7 Å². The van der Waals surface area contributed by atoms with Gasteiger partial charge in [-0.05, 0) is 41.7 Å². The van der Waals surface area contributed by atoms with E-state index in [1.807, 2.05) is 35.2 Å². The van der Waals surface area contributed by atoms with Crippen LogP contribution >= 0.6 is 23.2 Å². The monoisotopic (exact) mass is 537 g/mol. The molecule has 1 unspecified atom stereocenters. The van der Waals surface area contributed by atoms with Crippen LogP contribution in [-0.2, 0) is 16.0 Å². The average molecular weight is 538 g/mol. The number of H-pyrrole nitrogens is 1. The number of aromatic amines is 1. The molecular weight excluding hydrogens is 509 g/mol. The largest absolute Gasteiger partial charge is 0.357 e. The van der Waals surface area contributed by atoms with Crippen molar-refractivity contribution >= 4 is 46.3 Å². The number of ketones is 1. The van der Waals surface area contributed by atoms with Gasteiger partial charge in [0, 0.05) is 42.5 Å². The van der Waals surface area contributed by atoms with Crippen LogP contribution in [0.25, 0.3) is 0 Å². The maximum absolute atomic E-state index is 13.7. The van der Waals surface area contributed by atoms with Crippen LogP contribution < -0.4 is 15.5 Å². The van der Waals surface area contributed by atoms with Gasteiger partial charge in [-0.25, -0.2) is 4.98 Å². The second-order valence-corrected chi connectivity index (χ2v) is 11.2. The summed E-state index contributed by atoms with van der Waals surface area (Å²) in [5.41, 5.74) is 4.81. The Morgan fingerprint density at radius 1 is 1.16 bits per heavy atom. The van der Waals surface area contributed by atoms with Crippen LogP contribution in [0.1, 0.15) is 44.0 Å². The molecule has 9 heteroatoms. The van der Waals surface area contributed by atoms with Crippen LogP contribution in [0.15, 0.2) is 66.3 Å². The van der Waals surface area contributed by atoms with Gasteiger partial charge in [-0.1, -0.05) is 55.2 Å². The number of allylic oxidation sites excluding steroid dienone is 1. The molecule has 3 aromatic rings. The van der Waals surface area contributed by atoms with E-state index < -0.39 is 6.04 Å². The topological polar surface area (TPSA) is 90.1 Å². The zero-order valence-electron chi connectivity index (χ0n) is 20.8. The van der Waals surface area contributed by atoms with E-state index in [1.54, 1.807) is 24.7 Å². The number of halogens is 2. The second kappa shape index (κ2) is 10.2. The van der Waals surface area contributed by atoms with E-state index in [2.05, 4.69) is 34.4 Å². The molecule has 0 spiro atoms. The van der Waals surface area contributed by atoms with Gasteiger partial charge in [0.2, 0.25) is 5.91 Å². The molecule has 1 amide bonds. The summed E-state index contributed by atoms with van der Waals surface area (Å²) >= 11 is 12.7. The summed E-state index contributed by atoms with van der Waals surface area (Å²) in [6.45, 7) is 4.73. The fraction of sp³-hybridized carbons (Fsp3) is 0.321. The van der Waals surface area contributed by atoms with Crippen molar-refractivity contribution in [3.8, 4) is 0 Å². The molecule has 37 heavy (non-hydrogen) atoms. The lowest BCUT2D eigenvalue weighted by Crippen LogP contribution is -2.42. The quantitative estimate of drug-likeness (QED) is 0.375. The third-order valence-corrected chi connectivity index (χ3v) is 7.59. The van der Waals surface area contributed by atoms with E-state index in [0.717, 1.165) is 28.3 Å². The fourth-order valence-electron chi connectivity index (χ4n) is 5.22. The number of para-hydroxylation sites is 2. The number of benzene rings is 2. The van der Waals surface area contributed by atoms with Gasteiger partial charge in [0.15, 0.2) is 5.78 Å². The predicted octanol–water partition coefficient (Wildman–Crippen LogP) is 5.69. The van der Waals surface area contributed by atoms with Crippen molar-refractivity contribution in [2.75, 3.05) is 23.3 Å². The summed E-state index contributed by atoms with van der Waals surface area (Å²) in [5.74, 6) is -0.0840. The molecule has 2 heterocycles. The highest BCUT2D eigenvalue weighted by molar-refractivity contribution is 6.42. The number of hydrogen-bond donors (Lipinski definition) is 3. The lowest BCUT2D eigenvalue weighted by atomic mass is 9.73. The molecule has 2 aliphatic rings. The molecule has 2 aromatic carbocycles. The van der Waals surface area contributed by atoms with Gasteiger partial charge in [-0.2, -0.15) is 0 Å². The summed E-state index contributed by atoms with van der Waals surface area (Å²) in [6, 6.07) is 12.7. The lowest BCUT2D eigenvalue weighted by molar-refractivity contribution is -0.120. The SMILES string of the molecule is CC1(C)CC(=O)C2=C(C1)Nc1ccccc1N(CC(=O)NCCc1cnc[nH]1)C2c1ccc(Cl)c(Cl)c1. The summed E-state index contributed by atoms with van der Waals surface area (Å²) in [4.78, 5) is 36.0. The number of carbonyl (C=O) groups is 2. The van der Waals surface area contributed by atoms with E-state index in [4.69, 9.17) is 23.2 Å². The molecule has 3 N–H and O–H groups in total. The number of hydrogen-bond acceptors (Lipinski definition) is 5. The zero-order valence-corrected chi connectivity index (χ0v) is 22.3. The minimum atomic E-state index is -0.511. The van der Waals surface area contributed by atoms with Crippen molar-refractivity contribution in [1.82, 2.24) is 15.3 Å². The molecule has 1 aliphatic heterocycles. The second-order valence-electron chi connectivity index (χ2n) is 10.4. The van der Waals surface area contributed by atoms with Crippen molar-refractivity contribution in [1.29, 1.82) is 0 Å². The Kier molecular flexibility index (Phi) is 7.01. The first-order chi connectivity index (χ1) is 17.7. The minimum absolute atomic E-state index is 0.0556. The van der Waals surface area contributed by atoms with E-state index in [1.165, 1.54) is 0 Å². The predicted molar refractivity (Wildman–Crippen MR) is 147 cm³/mol. The van der Waals surface area contributed by atoms with E-state index in [9.17, 15) is 9.59 Å². The molecule has 0 fully saturated rings. The number of rotatable bonds is 6. The van der Waals surface area contributed by atoms with Gasteiger partial charge in [-0.15, -0.1) is 0 Å². The lowest BCUT2D eigenvalue weighted by Gasteiger charge is -2.38. The number of aromatic nitrogens is 2. The highest BCUT2D eigenvalue weighted by Gasteiger charge is 2.42. The molecule has 0 saturated carbocycles. The molecule has 1 aliphatic carbocycles. The van der Waals surface area contributed by atoms with Gasteiger partial charge in [0.25, 0.3) is 0 Å². The average Bonchev–Trinajstić information content (AvgIpc) is 3.31. The Hall–Kier alpha value is -3.29. The minimum Gasteiger partial charge on any atom is -0.357 e. The highest BCUT2D eigenvalue weighted by atomic mass is 35.5. The first-order valence-electron chi connectivity index (χ1n) is 12.3. The first kappa shape index (κ1) is 25.4. The Morgan fingerprint density at radius 3 is 2.73 bits per heavy atom. The number of Topliss-reactive ketones (excluding diaryl/α,β-unsaturated/α-hetero) is 1. The van der Waals surface area contributed by atoms with E-state index in [0.29, 0.717) is 41.4 Å². The number of anilines is 2. The standard InChI is InChI=1S/C28H29Cl2N5O2/c1-28(2)12-22-26(24(36)13-28)27(17-7-8-19(29)20(30)11-17)35(23-6-4-3-5-21(23)34-22)15-25(37)32-10-9-18-14-31-16-33-18/h3-8,11,14,16,27,34H,9-10,12-13,15H2,1-2H3,(H,31,33)(H,32,37). The Morgan fingerprint density at radius 2 is 1.97 bits per heavy atom. The molecular formula is C28H29Cl2N5O2. The smallest absolute Gasteiger partial charge is 0.239 e. The number of carbonyl (C=O) groups excluding carboxylic acids is 2. The summed E-state index contributed by atoms with van der Waals surface area (Å²) < 4.78 is 0. The summed E-state index contributed by atoms with van der Waals surface area (Å²) in [7, 11) is 0. The van der Waals surface area contributed by atoms with E-state index >= 15 is 0 Å². The van der Waals surface area contributed by atoms with Crippen LogP contribution in [0.5, 0.6) is 0 Å². The Balaban J connectivity index is 1.56. The fourth-order valence-corrected chi connectivity index (χ4v) is 5.53. The third-order valence-electron chi connectivity index (χ3n) is 6.85. The molecule has 192 valence electrons. The first-order valence-corrected chi connectivity index (χ1v) is 13.1. The van der Waals surface area contributed by atoms with Crippen LogP contribution in [0.2, 0.25) is 10.0 Å². The van der Waals surface area contributed by atoms with Crippen molar-refractivity contribution < 1.29 is 9.59 Å². The van der Waals surface area contributed by atoms with Crippen molar-refractivity contribution in [3.63, 3.8) is 0 Å². The summed E-state index contributed by atoms with van der Waals surface area (Å²) in [5, 5.41) is 7.40. The van der Waals surface area contributed by atoms with Gasteiger partial charge in [0.1, 0.15) is 0 Å². The van der Waals surface area contributed by atoms with Gasteiger partial charge >= 0.3 is 0 Å². The van der Waals surface area contributed by atoms with Crippen LogP contribution in [0.4, 0.5) is 11.4 Å². The maximum atomic E-state index is 13.7. The Labute approximate surface area is 226 Å². The molecule has 1 aromatic heterocycles.